The number of benzene rings is 2. The SMILES string of the molecule is Cc1ccccc1C(O)CNC(=O)Nc1ccc(C#N)c(Cl)c1. The molecular weight excluding hydrogens is 314 g/mol. The van der Waals surface area contributed by atoms with E-state index in [1.165, 1.54) is 12.1 Å². The van der Waals surface area contributed by atoms with Gasteiger partial charge in [-0.3, -0.25) is 0 Å². The molecule has 5 nitrogen and oxygen atoms in total. The predicted octanol–water partition coefficient (Wildman–Crippen LogP) is 3.38. The van der Waals surface area contributed by atoms with Gasteiger partial charge in [0.2, 0.25) is 0 Å². The number of nitrogens with one attached hydrogen (secondary N) is 2. The molecule has 0 fully saturated rings. The third-order valence-corrected chi connectivity index (χ3v) is 3.66. The fourth-order valence-electron chi connectivity index (χ4n) is 2.12. The lowest BCUT2D eigenvalue weighted by molar-refractivity contribution is 0.174. The highest BCUT2D eigenvalue weighted by Gasteiger charge is 2.11. The molecule has 6 heteroatoms. The number of amides is 2. The van der Waals surface area contributed by atoms with E-state index in [-0.39, 0.29) is 11.6 Å². The van der Waals surface area contributed by atoms with Crippen LogP contribution in [0.5, 0.6) is 0 Å². The van der Waals surface area contributed by atoms with Crippen LogP contribution in [0.1, 0.15) is 22.8 Å². The Balaban J connectivity index is 1.92. The number of urea groups is 1. The molecule has 0 spiro atoms. The number of halogens is 1. The van der Waals surface area contributed by atoms with Crippen LogP contribution >= 0.6 is 11.6 Å². The molecule has 1 atom stereocenters. The molecule has 0 radical (unpaired) electrons. The third-order valence-electron chi connectivity index (χ3n) is 3.35. The summed E-state index contributed by atoms with van der Waals surface area (Å²) in [7, 11) is 0. The normalized spacial score (nSPS) is 11.4. The Hall–Kier alpha value is -2.55. The standard InChI is InChI=1S/C17H16ClN3O2/c1-11-4-2-3-5-14(11)16(22)10-20-17(23)21-13-7-6-12(9-19)15(18)8-13/h2-8,16,22H,10H2,1H3,(H2,20,21,23). The molecule has 3 N–H and O–H groups in total. The second kappa shape index (κ2) is 7.63. The largest absolute Gasteiger partial charge is 0.387 e. The second-order valence-corrected chi connectivity index (χ2v) is 5.42. The smallest absolute Gasteiger partial charge is 0.319 e. The van der Waals surface area contributed by atoms with Crippen LogP contribution in [-0.2, 0) is 0 Å². The van der Waals surface area contributed by atoms with Crippen LogP contribution in [-0.4, -0.2) is 17.7 Å². The molecule has 0 bridgehead atoms. The van der Waals surface area contributed by atoms with Crippen LogP contribution in [0.2, 0.25) is 5.02 Å². The zero-order valence-corrected chi connectivity index (χ0v) is 13.3. The van der Waals surface area contributed by atoms with Crippen LogP contribution in [0.4, 0.5) is 10.5 Å². The van der Waals surface area contributed by atoms with Gasteiger partial charge in [-0.25, -0.2) is 4.79 Å². The summed E-state index contributed by atoms with van der Waals surface area (Å²) in [5.74, 6) is 0. The minimum Gasteiger partial charge on any atom is -0.387 e. The number of aryl methyl sites for hydroxylation is 1. The van der Waals surface area contributed by atoms with E-state index >= 15 is 0 Å². The molecule has 0 heterocycles. The van der Waals surface area contributed by atoms with Crippen molar-refractivity contribution in [1.82, 2.24) is 5.32 Å². The Kier molecular flexibility index (Phi) is 5.58. The molecule has 0 aliphatic carbocycles. The van der Waals surface area contributed by atoms with E-state index in [1.807, 2.05) is 37.3 Å². The van der Waals surface area contributed by atoms with E-state index in [4.69, 9.17) is 16.9 Å². The number of rotatable bonds is 4. The van der Waals surface area contributed by atoms with Crippen LogP contribution < -0.4 is 10.6 Å². The number of hydrogen-bond donors (Lipinski definition) is 3. The molecule has 1 unspecified atom stereocenters. The number of aliphatic hydroxyl groups excluding tert-OH is 1. The highest BCUT2D eigenvalue weighted by Crippen LogP contribution is 2.20. The molecule has 2 amide bonds. The first-order valence-electron chi connectivity index (χ1n) is 6.99. The predicted molar refractivity (Wildman–Crippen MR) is 89.3 cm³/mol. The fourth-order valence-corrected chi connectivity index (χ4v) is 2.34. The summed E-state index contributed by atoms with van der Waals surface area (Å²) in [6.07, 6.45) is -0.786. The number of anilines is 1. The molecule has 0 aliphatic heterocycles. The van der Waals surface area contributed by atoms with Gasteiger partial charge in [-0.2, -0.15) is 5.26 Å². The van der Waals surface area contributed by atoms with Crippen LogP contribution in [0.15, 0.2) is 42.5 Å². The minimum absolute atomic E-state index is 0.0840. The van der Waals surface area contributed by atoms with Crippen molar-refractivity contribution >= 4 is 23.3 Å². The summed E-state index contributed by atoms with van der Waals surface area (Å²) in [6.45, 7) is 1.98. The van der Waals surface area contributed by atoms with Crippen molar-refractivity contribution in [2.75, 3.05) is 11.9 Å². The molecule has 0 aromatic heterocycles. The first-order chi connectivity index (χ1) is 11.0. The molecule has 0 aliphatic rings. The maximum absolute atomic E-state index is 11.9. The Morgan fingerprint density at radius 3 is 2.74 bits per heavy atom. The van der Waals surface area contributed by atoms with Gasteiger partial charge in [-0.05, 0) is 36.2 Å². The highest BCUT2D eigenvalue weighted by molar-refractivity contribution is 6.32. The van der Waals surface area contributed by atoms with Crippen molar-refractivity contribution in [1.29, 1.82) is 5.26 Å². The van der Waals surface area contributed by atoms with Gasteiger partial charge >= 0.3 is 6.03 Å². The van der Waals surface area contributed by atoms with Gasteiger partial charge in [-0.1, -0.05) is 35.9 Å². The van der Waals surface area contributed by atoms with Crippen molar-refractivity contribution in [3.8, 4) is 6.07 Å². The number of carbonyl (C=O) groups excluding carboxylic acids is 1. The maximum atomic E-state index is 11.9. The summed E-state index contributed by atoms with van der Waals surface area (Å²) in [5.41, 5.74) is 2.54. The zero-order valence-electron chi connectivity index (χ0n) is 12.5. The summed E-state index contributed by atoms with van der Waals surface area (Å²) in [5, 5.41) is 24.4. The lowest BCUT2D eigenvalue weighted by Gasteiger charge is -2.15. The molecule has 118 valence electrons. The summed E-state index contributed by atoms with van der Waals surface area (Å²) in [4.78, 5) is 11.9. The fraction of sp³-hybridized carbons (Fsp3) is 0.176. The third kappa shape index (κ3) is 4.46. The monoisotopic (exact) mass is 329 g/mol. The van der Waals surface area contributed by atoms with Gasteiger partial charge in [0, 0.05) is 12.2 Å². The van der Waals surface area contributed by atoms with Crippen LogP contribution in [0, 0.1) is 18.3 Å². The van der Waals surface area contributed by atoms with Gasteiger partial charge < -0.3 is 15.7 Å². The van der Waals surface area contributed by atoms with Crippen molar-refractivity contribution in [2.45, 2.75) is 13.0 Å². The van der Waals surface area contributed by atoms with Gasteiger partial charge in [0.25, 0.3) is 0 Å². The topological polar surface area (TPSA) is 85.2 Å². The molecular formula is C17H16ClN3O2. The lowest BCUT2D eigenvalue weighted by Crippen LogP contribution is -2.32. The zero-order chi connectivity index (χ0) is 16.8. The summed E-state index contributed by atoms with van der Waals surface area (Å²) < 4.78 is 0. The number of aliphatic hydroxyl groups is 1. The average molecular weight is 330 g/mol. The van der Waals surface area contributed by atoms with E-state index in [0.29, 0.717) is 11.3 Å². The van der Waals surface area contributed by atoms with Crippen LogP contribution in [0.3, 0.4) is 0 Å². The number of nitrogens with zero attached hydrogens (tertiary/aromatic N) is 1. The Morgan fingerprint density at radius 2 is 2.09 bits per heavy atom. The summed E-state index contributed by atoms with van der Waals surface area (Å²) >= 11 is 5.90. The average Bonchev–Trinajstić information content (AvgIpc) is 2.53. The highest BCUT2D eigenvalue weighted by atomic mass is 35.5. The maximum Gasteiger partial charge on any atom is 0.319 e. The first kappa shape index (κ1) is 16.8. The molecule has 0 saturated heterocycles. The van der Waals surface area contributed by atoms with Crippen molar-refractivity contribution < 1.29 is 9.90 Å². The molecule has 0 saturated carbocycles. The van der Waals surface area contributed by atoms with Gasteiger partial charge in [0.1, 0.15) is 6.07 Å². The molecule has 23 heavy (non-hydrogen) atoms. The van der Waals surface area contributed by atoms with Crippen LogP contribution in [0.25, 0.3) is 0 Å². The van der Waals surface area contributed by atoms with Crippen molar-refractivity contribution in [3.05, 3.63) is 64.2 Å². The quantitative estimate of drug-likeness (QED) is 0.803. The number of hydrogen-bond acceptors (Lipinski definition) is 3. The van der Waals surface area contributed by atoms with E-state index in [1.54, 1.807) is 6.07 Å². The second-order valence-electron chi connectivity index (χ2n) is 5.01. The van der Waals surface area contributed by atoms with Crippen molar-refractivity contribution in [3.63, 3.8) is 0 Å². The molecule has 2 aromatic rings. The Morgan fingerprint density at radius 1 is 1.35 bits per heavy atom. The van der Waals surface area contributed by atoms with E-state index < -0.39 is 12.1 Å². The Labute approximate surface area is 139 Å². The van der Waals surface area contributed by atoms with Gasteiger partial charge in [-0.15, -0.1) is 0 Å². The van der Waals surface area contributed by atoms with Gasteiger partial charge in [0.15, 0.2) is 0 Å². The first-order valence-corrected chi connectivity index (χ1v) is 7.37. The van der Waals surface area contributed by atoms with E-state index in [0.717, 1.165) is 11.1 Å². The van der Waals surface area contributed by atoms with Crippen molar-refractivity contribution in [2.24, 2.45) is 0 Å². The van der Waals surface area contributed by atoms with E-state index in [9.17, 15) is 9.90 Å². The summed E-state index contributed by atoms with van der Waals surface area (Å²) in [6, 6.07) is 13.5. The molecule has 2 rings (SSSR count). The Bertz CT molecular complexity index is 756. The lowest BCUT2D eigenvalue weighted by atomic mass is 10.0. The minimum atomic E-state index is -0.786. The number of carbonyl (C=O) groups is 1. The number of nitriles is 1. The van der Waals surface area contributed by atoms with Gasteiger partial charge in [0.05, 0.1) is 16.7 Å². The molecule has 2 aromatic carbocycles. The van der Waals surface area contributed by atoms with E-state index in [2.05, 4.69) is 10.6 Å².